The maximum atomic E-state index is 12.4. The quantitative estimate of drug-likeness (QED) is 0.673. The Kier molecular flexibility index (Phi) is 4.11. The molecule has 7 heteroatoms. The number of nitrogens with zero attached hydrogens (tertiary/aromatic N) is 3. The molecule has 0 spiro atoms. The van der Waals surface area contributed by atoms with Gasteiger partial charge in [-0.3, -0.25) is 19.6 Å². The fourth-order valence-corrected chi connectivity index (χ4v) is 2.42. The van der Waals surface area contributed by atoms with Gasteiger partial charge in [-0.15, -0.1) is 0 Å². The SMILES string of the molecule is CCCn1c(CC)c(N)c(=O)n1-c1cccc([N+](=O)[O-])c1. The molecule has 0 saturated heterocycles. The Bertz CT molecular complexity index is 730. The van der Waals surface area contributed by atoms with E-state index < -0.39 is 4.92 Å². The molecule has 112 valence electrons. The minimum Gasteiger partial charge on any atom is -0.393 e. The predicted octanol–water partition coefficient (Wildman–Crippen LogP) is 2.10. The molecule has 0 amide bonds. The third-order valence-electron chi connectivity index (χ3n) is 3.34. The smallest absolute Gasteiger partial charge is 0.294 e. The van der Waals surface area contributed by atoms with E-state index in [0.29, 0.717) is 18.7 Å². The van der Waals surface area contributed by atoms with Crippen molar-refractivity contribution in [3.8, 4) is 5.69 Å². The average molecular weight is 290 g/mol. The number of nitrogen functional groups attached to an aromatic ring is 1. The maximum Gasteiger partial charge on any atom is 0.294 e. The van der Waals surface area contributed by atoms with Gasteiger partial charge in [-0.1, -0.05) is 19.9 Å². The number of hydrogen-bond acceptors (Lipinski definition) is 4. The Labute approximate surface area is 121 Å². The minimum atomic E-state index is -0.480. The second-order valence-corrected chi connectivity index (χ2v) is 4.73. The van der Waals surface area contributed by atoms with Crippen LogP contribution in [-0.4, -0.2) is 14.3 Å². The Morgan fingerprint density at radius 1 is 1.33 bits per heavy atom. The first kappa shape index (κ1) is 14.8. The lowest BCUT2D eigenvalue weighted by Crippen LogP contribution is -2.22. The van der Waals surface area contributed by atoms with Gasteiger partial charge in [0.05, 0.1) is 16.3 Å². The summed E-state index contributed by atoms with van der Waals surface area (Å²) in [6.45, 7) is 4.55. The first-order chi connectivity index (χ1) is 10.0. The molecule has 0 unspecified atom stereocenters. The summed E-state index contributed by atoms with van der Waals surface area (Å²) in [4.78, 5) is 22.8. The summed E-state index contributed by atoms with van der Waals surface area (Å²) in [5.74, 6) is 0. The summed E-state index contributed by atoms with van der Waals surface area (Å²) in [6.07, 6.45) is 1.46. The molecule has 0 fully saturated rings. The van der Waals surface area contributed by atoms with Crippen LogP contribution in [0.25, 0.3) is 5.69 Å². The van der Waals surface area contributed by atoms with Crippen molar-refractivity contribution in [1.29, 1.82) is 0 Å². The van der Waals surface area contributed by atoms with Gasteiger partial charge in [-0.25, -0.2) is 4.68 Å². The van der Waals surface area contributed by atoms with E-state index in [4.69, 9.17) is 5.73 Å². The van der Waals surface area contributed by atoms with Gasteiger partial charge in [-0.2, -0.15) is 0 Å². The van der Waals surface area contributed by atoms with Crippen molar-refractivity contribution >= 4 is 11.4 Å². The maximum absolute atomic E-state index is 12.4. The van der Waals surface area contributed by atoms with Crippen LogP contribution in [0.3, 0.4) is 0 Å². The number of nitro benzene ring substituents is 1. The fraction of sp³-hybridized carbons (Fsp3) is 0.357. The first-order valence-electron chi connectivity index (χ1n) is 6.86. The van der Waals surface area contributed by atoms with Crippen LogP contribution in [-0.2, 0) is 13.0 Å². The number of nitrogens with two attached hydrogens (primary N) is 1. The normalized spacial score (nSPS) is 10.8. The summed E-state index contributed by atoms with van der Waals surface area (Å²) >= 11 is 0. The molecular formula is C14H18N4O3. The highest BCUT2D eigenvalue weighted by atomic mass is 16.6. The summed E-state index contributed by atoms with van der Waals surface area (Å²) < 4.78 is 3.22. The molecule has 2 aromatic rings. The van der Waals surface area contributed by atoms with Crippen molar-refractivity contribution in [2.75, 3.05) is 5.73 Å². The van der Waals surface area contributed by atoms with E-state index in [-0.39, 0.29) is 16.9 Å². The van der Waals surface area contributed by atoms with Crippen molar-refractivity contribution in [2.45, 2.75) is 33.2 Å². The van der Waals surface area contributed by atoms with Crippen molar-refractivity contribution in [1.82, 2.24) is 9.36 Å². The molecule has 2 N–H and O–H groups in total. The molecule has 0 saturated carbocycles. The largest absolute Gasteiger partial charge is 0.393 e. The molecule has 0 radical (unpaired) electrons. The third-order valence-corrected chi connectivity index (χ3v) is 3.34. The number of nitro groups is 1. The number of anilines is 1. The molecule has 0 aliphatic heterocycles. The fourth-order valence-electron chi connectivity index (χ4n) is 2.42. The van der Waals surface area contributed by atoms with E-state index in [0.717, 1.165) is 12.1 Å². The third kappa shape index (κ3) is 2.54. The van der Waals surface area contributed by atoms with Crippen LogP contribution in [0.2, 0.25) is 0 Å². The van der Waals surface area contributed by atoms with Crippen LogP contribution in [0.5, 0.6) is 0 Å². The lowest BCUT2D eigenvalue weighted by Gasteiger charge is -2.13. The topological polar surface area (TPSA) is 96.1 Å². The van der Waals surface area contributed by atoms with Crippen molar-refractivity contribution in [3.05, 3.63) is 50.4 Å². The molecule has 0 atom stereocenters. The Hall–Kier alpha value is -2.57. The van der Waals surface area contributed by atoms with E-state index in [1.165, 1.54) is 16.8 Å². The van der Waals surface area contributed by atoms with Gasteiger partial charge in [0.1, 0.15) is 5.69 Å². The van der Waals surface area contributed by atoms with Crippen molar-refractivity contribution < 1.29 is 4.92 Å². The van der Waals surface area contributed by atoms with Gasteiger partial charge in [0.25, 0.3) is 11.2 Å². The Morgan fingerprint density at radius 3 is 2.62 bits per heavy atom. The number of hydrogen-bond donors (Lipinski definition) is 1. The zero-order valence-corrected chi connectivity index (χ0v) is 12.1. The van der Waals surface area contributed by atoms with Gasteiger partial charge < -0.3 is 5.73 Å². The molecular weight excluding hydrogens is 272 g/mol. The predicted molar refractivity (Wildman–Crippen MR) is 80.8 cm³/mol. The standard InChI is InChI=1S/C14H18N4O3/c1-3-8-16-12(4-2)13(15)14(19)17(16)10-6-5-7-11(9-10)18(20)21/h5-7,9H,3-4,8,15H2,1-2H3. The highest BCUT2D eigenvalue weighted by molar-refractivity contribution is 5.48. The van der Waals surface area contributed by atoms with E-state index in [1.54, 1.807) is 16.8 Å². The Morgan fingerprint density at radius 2 is 2.05 bits per heavy atom. The summed E-state index contributed by atoms with van der Waals surface area (Å²) in [5, 5.41) is 10.9. The zero-order valence-electron chi connectivity index (χ0n) is 12.1. The molecule has 1 aromatic heterocycles. The highest BCUT2D eigenvalue weighted by Crippen LogP contribution is 2.19. The van der Waals surface area contributed by atoms with Gasteiger partial charge in [0.15, 0.2) is 0 Å². The minimum absolute atomic E-state index is 0.0553. The lowest BCUT2D eigenvalue weighted by atomic mass is 10.3. The van der Waals surface area contributed by atoms with Crippen LogP contribution in [0.1, 0.15) is 26.0 Å². The Balaban J connectivity index is 2.71. The summed E-state index contributed by atoms with van der Waals surface area (Å²) in [7, 11) is 0. The molecule has 0 aliphatic carbocycles. The second-order valence-electron chi connectivity index (χ2n) is 4.73. The molecule has 21 heavy (non-hydrogen) atoms. The summed E-state index contributed by atoms with van der Waals surface area (Å²) in [5.41, 5.74) is 6.92. The van der Waals surface area contributed by atoms with E-state index in [9.17, 15) is 14.9 Å². The molecule has 7 nitrogen and oxygen atoms in total. The van der Waals surface area contributed by atoms with Gasteiger partial charge in [0, 0.05) is 18.7 Å². The number of benzene rings is 1. The van der Waals surface area contributed by atoms with E-state index in [2.05, 4.69) is 0 Å². The van der Waals surface area contributed by atoms with Crippen LogP contribution >= 0.6 is 0 Å². The molecule has 0 aliphatic rings. The average Bonchev–Trinajstić information content (AvgIpc) is 2.71. The highest BCUT2D eigenvalue weighted by Gasteiger charge is 2.18. The molecule has 0 bridgehead atoms. The number of non-ortho nitro benzene ring substituents is 1. The monoisotopic (exact) mass is 290 g/mol. The summed E-state index contributed by atoms with van der Waals surface area (Å²) in [6, 6.07) is 6.00. The molecule has 1 heterocycles. The lowest BCUT2D eigenvalue weighted by molar-refractivity contribution is -0.384. The zero-order chi connectivity index (χ0) is 15.6. The van der Waals surface area contributed by atoms with Crippen molar-refractivity contribution in [2.24, 2.45) is 0 Å². The van der Waals surface area contributed by atoms with Crippen LogP contribution in [0, 0.1) is 10.1 Å². The van der Waals surface area contributed by atoms with Crippen molar-refractivity contribution in [3.63, 3.8) is 0 Å². The number of rotatable bonds is 5. The van der Waals surface area contributed by atoms with Gasteiger partial charge in [0.2, 0.25) is 0 Å². The first-order valence-corrected chi connectivity index (χ1v) is 6.86. The van der Waals surface area contributed by atoms with Crippen LogP contribution < -0.4 is 11.3 Å². The van der Waals surface area contributed by atoms with Gasteiger partial charge >= 0.3 is 0 Å². The van der Waals surface area contributed by atoms with Crippen LogP contribution in [0.4, 0.5) is 11.4 Å². The number of aromatic nitrogens is 2. The van der Waals surface area contributed by atoms with E-state index in [1.807, 2.05) is 13.8 Å². The molecule has 1 aromatic carbocycles. The molecule has 2 rings (SSSR count). The van der Waals surface area contributed by atoms with Crippen LogP contribution in [0.15, 0.2) is 29.1 Å². The van der Waals surface area contributed by atoms with Gasteiger partial charge in [-0.05, 0) is 18.9 Å². The second kappa shape index (κ2) is 5.82. The van der Waals surface area contributed by atoms with E-state index >= 15 is 0 Å².